The summed E-state index contributed by atoms with van der Waals surface area (Å²) in [6.45, 7) is 6.76. The molecule has 9 heterocycles. The number of hydrogen-bond acceptors (Lipinski definition) is 15. The van der Waals surface area contributed by atoms with Crippen molar-refractivity contribution in [3.63, 3.8) is 0 Å². The van der Waals surface area contributed by atoms with E-state index in [4.69, 9.17) is 4.98 Å². The Morgan fingerprint density at radius 2 is 1.58 bits per heavy atom. The average molecular weight is 922 g/mol. The van der Waals surface area contributed by atoms with Gasteiger partial charge in [0.1, 0.15) is 29.8 Å². The zero-order valence-corrected chi connectivity index (χ0v) is 38.1. The molecule has 3 N–H and O–H groups in total. The number of nitrogens with zero attached hydrogens (tertiary/aromatic N) is 9. The van der Waals surface area contributed by atoms with E-state index < -0.39 is 29.7 Å². The molecule has 4 aromatic heterocycles. The number of piperidine rings is 2. The summed E-state index contributed by atoms with van der Waals surface area (Å²) >= 11 is 1.63. The molecule has 0 spiro atoms. The number of hydrogen-bond donors (Lipinski definition) is 3. The van der Waals surface area contributed by atoms with Crippen molar-refractivity contribution >= 4 is 69.7 Å². The summed E-state index contributed by atoms with van der Waals surface area (Å²) in [4.78, 5) is 95.3. The number of aliphatic hydroxyl groups excluding tert-OH is 1. The smallest absolute Gasteiger partial charge is 0.269 e. The van der Waals surface area contributed by atoms with Gasteiger partial charge in [-0.05, 0) is 106 Å². The number of aryl methyl sites for hydroxylation is 1. The number of nitrogens with one attached hydrogen (secondary N) is 2. The molecule has 5 aliphatic heterocycles. The Balaban J connectivity index is 0.698. The first-order valence-electron chi connectivity index (χ1n) is 23.3. The van der Waals surface area contributed by atoms with Gasteiger partial charge >= 0.3 is 0 Å². The Morgan fingerprint density at radius 3 is 2.37 bits per heavy atom. The molecule has 1 aromatic carbocycles. The predicted octanol–water partition coefficient (Wildman–Crippen LogP) is 4.89. The molecule has 0 saturated carbocycles. The number of fused-ring (bicyclic) bond motifs is 4. The number of imide groups is 2. The standard InChI is InChI=1S/C49H51N11O6S/c1-28-25-57(29-13-17-56(18-14-29)30-6-8-35-36(22-30)48(65)60(47(35)64)39-9-11-43(62)55-46(39)63)20-21-58(28)31-7-10-41(51-24-31)54-42-23-38(52-27-53-42)32-12-16-50-45(37(32)26-61)59-19-15-34-33-4-2-3-5-40(33)67-44(34)49(59)66/h6-8,10,12,16,22-24,27-29,39,61H,2-5,9,11,13-15,17-21,25-26H2,1H3,(H,55,62,63)(H,51,52,53,54)/t28-,39?/m0/s1. The molecule has 18 heteroatoms. The van der Waals surface area contributed by atoms with E-state index in [9.17, 15) is 29.1 Å². The fourth-order valence-electron chi connectivity index (χ4n) is 11.0. The number of rotatable bonds is 9. The van der Waals surface area contributed by atoms with Crippen molar-refractivity contribution in [2.24, 2.45) is 0 Å². The number of amides is 5. The molecule has 5 amide bonds. The van der Waals surface area contributed by atoms with Crippen LogP contribution in [0, 0.1) is 0 Å². The summed E-state index contributed by atoms with van der Waals surface area (Å²) in [7, 11) is 0. The van der Waals surface area contributed by atoms with E-state index in [1.807, 2.05) is 30.5 Å². The topological polar surface area (TPSA) is 197 Å². The number of aromatic nitrogens is 4. The lowest BCUT2D eigenvalue weighted by atomic mass is 9.92. The highest BCUT2D eigenvalue weighted by Gasteiger charge is 2.45. The Morgan fingerprint density at radius 1 is 0.761 bits per heavy atom. The molecule has 1 aliphatic carbocycles. The highest BCUT2D eigenvalue weighted by atomic mass is 32.1. The van der Waals surface area contributed by atoms with E-state index >= 15 is 0 Å². The summed E-state index contributed by atoms with van der Waals surface area (Å²) in [6.07, 6.45) is 12.4. The van der Waals surface area contributed by atoms with Gasteiger partial charge < -0.3 is 20.2 Å². The second-order valence-electron chi connectivity index (χ2n) is 18.3. The molecule has 344 valence electrons. The largest absolute Gasteiger partial charge is 0.392 e. The zero-order valence-electron chi connectivity index (χ0n) is 37.2. The molecule has 6 aliphatic rings. The van der Waals surface area contributed by atoms with Crippen molar-refractivity contribution in [2.75, 3.05) is 59.3 Å². The van der Waals surface area contributed by atoms with Crippen LogP contribution in [0.25, 0.3) is 11.3 Å². The van der Waals surface area contributed by atoms with Crippen LogP contribution < -0.4 is 25.3 Å². The summed E-state index contributed by atoms with van der Waals surface area (Å²) < 4.78 is 0. The first-order chi connectivity index (χ1) is 32.6. The van der Waals surface area contributed by atoms with Crippen LogP contribution in [0.2, 0.25) is 0 Å². The molecule has 0 radical (unpaired) electrons. The van der Waals surface area contributed by atoms with Gasteiger partial charge in [-0.3, -0.25) is 44.0 Å². The van der Waals surface area contributed by atoms with Crippen molar-refractivity contribution in [3.05, 3.63) is 98.8 Å². The van der Waals surface area contributed by atoms with Crippen LogP contribution in [0.3, 0.4) is 0 Å². The number of thiophene rings is 1. The number of piperazine rings is 1. The van der Waals surface area contributed by atoms with Crippen molar-refractivity contribution in [3.8, 4) is 11.3 Å². The van der Waals surface area contributed by atoms with Crippen LogP contribution in [0.15, 0.2) is 61.2 Å². The lowest BCUT2D eigenvalue weighted by molar-refractivity contribution is -0.136. The Labute approximate surface area is 391 Å². The van der Waals surface area contributed by atoms with Crippen molar-refractivity contribution in [1.29, 1.82) is 0 Å². The zero-order chi connectivity index (χ0) is 45.9. The molecule has 17 nitrogen and oxygen atoms in total. The van der Waals surface area contributed by atoms with Gasteiger partial charge in [0.05, 0.1) is 40.2 Å². The Hall–Kier alpha value is -6.63. The molecule has 0 bridgehead atoms. The highest BCUT2D eigenvalue weighted by Crippen LogP contribution is 2.40. The molecule has 67 heavy (non-hydrogen) atoms. The first kappa shape index (κ1) is 43.0. The van der Waals surface area contributed by atoms with Crippen LogP contribution in [0.4, 0.5) is 28.8 Å². The minimum absolute atomic E-state index is 0.0491. The normalized spacial score (nSPS) is 21.4. The quantitative estimate of drug-likeness (QED) is 0.169. The first-order valence-corrected chi connectivity index (χ1v) is 24.2. The second-order valence-corrected chi connectivity index (χ2v) is 19.4. The monoisotopic (exact) mass is 921 g/mol. The van der Waals surface area contributed by atoms with Crippen molar-refractivity contribution in [1.82, 2.24) is 35.1 Å². The van der Waals surface area contributed by atoms with Gasteiger partial charge in [0.2, 0.25) is 11.8 Å². The molecule has 5 aromatic rings. The lowest BCUT2D eigenvalue weighted by Gasteiger charge is -2.46. The number of benzene rings is 1. The maximum atomic E-state index is 13.9. The third-order valence-corrected chi connectivity index (χ3v) is 15.8. The molecule has 3 saturated heterocycles. The number of pyridine rings is 2. The van der Waals surface area contributed by atoms with Crippen molar-refractivity contribution in [2.45, 2.75) is 89.4 Å². The fourth-order valence-corrected chi connectivity index (χ4v) is 12.4. The molecular weight excluding hydrogens is 871 g/mol. The van der Waals surface area contributed by atoms with Gasteiger partial charge in [-0.2, -0.15) is 0 Å². The predicted molar refractivity (Wildman–Crippen MR) is 252 cm³/mol. The van der Waals surface area contributed by atoms with E-state index in [1.54, 1.807) is 34.6 Å². The van der Waals surface area contributed by atoms with Crippen LogP contribution in [0.5, 0.6) is 0 Å². The summed E-state index contributed by atoms with van der Waals surface area (Å²) in [5, 5.41) is 16.3. The van der Waals surface area contributed by atoms with Gasteiger partial charge in [0, 0.05) is 91.7 Å². The van der Waals surface area contributed by atoms with E-state index in [1.165, 1.54) is 35.2 Å². The van der Waals surface area contributed by atoms with Gasteiger partial charge in [-0.15, -0.1) is 11.3 Å². The molecule has 11 rings (SSSR count). The molecular formula is C49H51N11O6S. The second kappa shape index (κ2) is 17.5. The van der Waals surface area contributed by atoms with E-state index in [2.05, 4.69) is 53.3 Å². The minimum atomic E-state index is -0.983. The lowest BCUT2D eigenvalue weighted by Crippen LogP contribution is -2.57. The molecule has 2 atom stereocenters. The van der Waals surface area contributed by atoms with Crippen LogP contribution >= 0.6 is 11.3 Å². The Kier molecular flexibility index (Phi) is 11.3. The average Bonchev–Trinajstić information content (AvgIpc) is 3.85. The van der Waals surface area contributed by atoms with Crippen LogP contribution in [-0.4, -0.2) is 122 Å². The molecule has 1 unspecified atom stereocenters. The minimum Gasteiger partial charge on any atom is -0.392 e. The third-order valence-electron chi connectivity index (χ3n) is 14.5. The maximum Gasteiger partial charge on any atom is 0.269 e. The number of anilines is 5. The van der Waals surface area contributed by atoms with Crippen LogP contribution in [0.1, 0.15) is 97.4 Å². The van der Waals surface area contributed by atoms with E-state index in [0.717, 1.165) is 86.0 Å². The summed E-state index contributed by atoms with van der Waals surface area (Å²) in [5.41, 5.74) is 6.92. The fraction of sp³-hybridized carbons (Fsp3) is 0.408. The van der Waals surface area contributed by atoms with E-state index in [-0.39, 0.29) is 31.4 Å². The van der Waals surface area contributed by atoms with E-state index in [0.29, 0.717) is 58.0 Å². The van der Waals surface area contributed by atoms with Gasteiger partial charge in [-0.25, -0.2) is 19.9 Å². The van der Waals surface area contributed by atoms with Gasteiger partial charge in [-0.1, -0.05) is 0 Å². The highest BCUT2D eigenvalue weighted by molar-refractivity contribution is 7.14. The van der Waals surface area contributed by atoms with Crippen LogP contribution in [-0.2, 0) is 35.5 Å². The number of carbonyl (C=O) groups excluding carboxylic acids is 5. The summed E-state index contributed by atoms with van der Waals surface area (Å²) in [5.74, 6) is -0.409. The number of aliphatic hydroxyl groups is 1. The Bertz CT molecular complexity index is 2830. The number of carbonyl (C=O) groups is 5. The maximum absolute atomic E-state index is 13.9. The third kappa shape index (κ3) is 7.79. The van der Waals surface area contributed by atoms with Gasteiger partial charge in [0.15, 0.2) is 0 Å². The SMILES string of the molecule is C[C@H]1CN(C2CCN(c3ccc4c(c3)C(=O)N(C3CCC(=O)NC3=O)C4=O)CC2)CCN1c1ccc(Nc2cc(-c3ccnc(N4CCc5c(sc6c5CCCC6)C4=O)c3CO)ncn2)nc1. The van der Waals surface area contributed by atoms with Crippen molar-refractivity contribution < 1.29 is 29.1 Å². The molecule has 3 fully saturated rings. The summed E-state index contributed by atoms with van der Waals surface area (Å²) in [6, 6.07) is 12.7. The van der Waals surface area contributed by atoms with Gasteiger partial charge in [0.25, 0.3) is 17.7 Å².